The summed E-state index contributed by atoms with van der Waals surface area (Å²) in [5, 5.41) is 28.9. The lowest BCUT2D eigenvalue weighted by atomic mass is 10.1. The number of aliphatic carboxylic acids is 1. The first-order chi connectivity index (χ1) is 16.3. The van der Waals surface area contributed by atoms with Crippen LogP contribution in [0, 0.1) is 0 Å². The molecule has 0 saturated carbocycles. The lowest BCUT2D eigenvalue weighted by Crippen LogP contribution is -2.48. The van der Waals surface area contributed by atoms with Crippen LogP contribution >= 0.6 is 0 Å². The van der Waals surface area contributed by atoms with Gasteiger partial charge >= 0.3 is 18.1 Å². The summed E-state index contributed by atoms with van der Waals surface area (Å²) in [5.41, 5.74) is 0.847. The second kappa shape index (κ2) is 13.2. The van der Waals surface area contributed by atoms with Crippen LogP contribution in [0.1, 0.15) is 15.9 Å². The Bertz CT molecular complexity index is 1000. The monoisotopic (exact) mass is 474 g/mol. The van der Waals surface area contributed by atoms with E-state index in [4.69, 9.17) is 9.84 Å². The second-order valence-electron chi connectivity index (χ2n) is 6.86. The number of aromatic hydroxyl groups is 1. The molecule has 2 rings (SSSR count). The zero-order valence-corrected chi connectivity index (χ0v) is 18.4. The van der Waals surface area contributed by atoms with Crippen molar-refractivity contribution < 1.29 is 38.9 Å². The van der Waals surface area contributed by atoms with E-state index >= 15 is 0 Å². The van der Waals surface area contributed by atoms with Gasteiger partial charge in [-0.1, -0.05) is 30.3 Å². The molecule has 2 aromatic rings. The van der Waals surface area contributed by atoms with E-state index < -0.39 is 36.3 Å². The highest BCUT2D eigenvalue weighted by Crippen LogP contribution is 2.23. The Balaban J connectivity index is 1.76. The smallest absolute Gasteiger partial charge is 0.407 e. The summed E-state index contributed by atoms with van der Waals surface area (Å²) in [4.78, 5) is 46.4. The number of nitrogens with one attached hydrogen (secondary N) is 4. The largest absolute Gasteiger partial charge is 0.507 e. The quantitative estimate of drug-likeness (QED) is 0.259. The zero-order chi connectivity index (χ0) is 24.9. The van der Waals surface area contributed by atoms with Gasteiger partial charge in [0.25, 0.3) is 5.91 Å². The fourth-order valence-corrected chi connectivity index (χ4v) is 2.66. The van der Waals surface area contributed by atoms with Gasteiger partial charge in [-0.3, -0.25) is 4.79 Å². The lowest BCUT2D eigenvalue weighted by molar-refractivity contribution is -0.139. The van der Waals surface area contributed by atoms with Gasteiger partial charge in [0.15, 0.2) is 0 Å². The summed E-state index contributed by atoms with van der Waals surface area (Å²) in [6, 6.07) is 11.6. The van der Waals surface area contributed by atoms with E-state index in [0.29, 0.717) is 6.54 Å². The number of ether oxygens (including phenoxy) is 2. The van der Waals surface area contributed by atoms with Crippen molar-refractivity contribution in [1.82, 2.24) is 21.3 Å². The molecule has 0 bridgehead atoms. The molecular formula is C22H26N4O8. The topological polar surface area (TPSA) is 175 Å². The number of alkyl carbamates (subject to hydrolysis) is 1. The molecular weight excluding hydrogens is 448 g/mol. The van der Waals surface area contributed by atoms with Crippen molar-refractivity contribution in [1.29, 1.82) is 0 Å². The average molecular weight is 474 g/mol. The molecule has 0 heterocycles. The molecule has 0 aliphatic rings. The maximum atomic E-state index is 12.3. The zero-order valence-electron chi connectivity index (χ0n) is 18.4. The number of carbonyl (C=O) groups excluding carboxylic acids is 3. The summed E-state index contributed by atoms with van der Waals surface area (Å²) >= 11 is 0. The molecule has 0 spiro atoms. The molecule has 4 amide bonds. The van der Waals surface area contributed by atoms with Crippen LogP contribution in [0.3, 0.4) is 0 Å². The number of carbonyl (C=O) groups is 4. The van der Waals surface area contributed by atoms with Gasteiger partial charge in [0.1, 0.15) is 24.1 Å². The normalized spacial score (nSPS) is 11.0. The van der Waals surface area contributed by atoms with Crippen molar-refractivity contribution in [3.63, 3.8) is 0 Å². The van der Waals surface area contributed by atoms with Crippen LogP contribution < -0.4 is 26.0 Å². The summed E-state index contributed by atoms with van der Waals surface area (Å²) in [6.45, 7) is 0.270. The van der Waals surface area contributed by atoms with Gasteiger partial charge in [0.05, 0.1) is 19.2 Å². The molecule has 6 N–H and O–H groups in total. The number of phenolic OH excluding ortho intramolecular Hbond substituents is 1. The Kier molecular flexibility index (Phi) is 9.97. The number of carboxylic acid groups (broad SMARTS) is 1. The third kappa shape index (κ3) is 8.57. The first-order valence-corrected chi connectivity index (χ1v) is 10.2. The third-order valence-electron chi connectivity index (χ3n) is 4.41. The van der Waals surface area contributed by atoms with Crippen molar-refractivity contribution in [3.8, 4) is 11.5 Å². The summed E-state index contributed by atoms with van der Waals surface area (Å²) in [5.74, 6) is -2.26. The number of urea groups is 1. The molecule has 34 heavy (non-hydrogen) atoms. The first-order valence-electron chi connectivity index (χ1n) is 10.2. The predicted octanol–water partition coefficient (Wildman–Crippen LogP) is 0.809. The highest BCUT2D eigenvalue weighted by Gasteiger charge is 2.22. The number of amides is 4. The van der Waals surface area contributed by atoms with E-state index in [1.54, 1.807) is 0 Å². The third-order valence-corrected chi connectivity index (χ3v) is 4.41. The van der Waals surface area contributed by atoms with Crippen molar-refractivity contribution in [2.24, 2.45) is 0 Å². The molecule has 12 heteroatoms. The summed E-state index contributed by atoms with van der Waals surface area (Å²) in [6.07, 6.45) is -0.964. The Labute approximate surface area is 195 Å². The van der Waals surface area contributed by atoms with Crippen molar-refractivity contribution in [2.45, 2.75) is 12.6 Å². The molecule has 0 aromatic heterocycles. The second-order valence-corrected chi connectivity index (χ2v) is 6.86. The molecule has 1 atom stereocenters. The molecule has 2 aromatic carbocycles. The molecule has 12 nitrogen and oxygen atoms in total. The molecule has 0 aliphatic heterocycles. The number of benzene rings is 2. The number of carboxylic acids is 1. The van der Waals surface area contributed by atoms with E-state index in [1.807, 2.05) is 30.3 Å². The maximum Gasteiger partial charge on any atom is 0.407 e. The van der Waals surface area contributed by atoms with Gasteiger partial charge in [0, 0.05) is 19.2 Å². The molecule has 0 aliphatic carbocycles. The van der Waals surface area contributed by atoms with E-state index in [-0.39, 0.29) is 30.5 Å². The van der Waals surface area contributed by atoms with Crippen molar-refractivity contribution in [3.05, 3.63) is 59.7 Å². The van der Waals surface area contributed by atoms with E-state index in [9.17, 15) is 24.3 Å². The average Bonchev–Trinajstić information content (AvgIpc) is 2.83. The van der Waals surface area contributed by atoms with Gasteiger partial charge in [-0.2, -0.15) is 0 Å². The lowest BCUT2D eigenvalue weighted by Gasteiger charge is -2.15. The number of hydrogen-bond donors (Lipinski definition) is 6. The van der Waals surface area contributed by atoms with Gasteiger partial charge in [-0.15, -0.1) is 0 Å². The minimum atomic E-state index is -1.42. The van der Waals surface area contributed by atoms with Crippen LogP contribution in [0.25, 0.3) is 0 Å². The summed E-state index contributed by atoms with van der Waals surface area (Å²) < 4.78 is 9.78. The van der Waals surface area contributed by atoms with Gasteiger partial charge in [0.2, 0.25) is 0 Å². The Hall–Kier alpha value is -4.48. The minimum absolute atomic E-state index is 0.114. The van der Waals surface area contributed by atoms with Crippen LogP contribution in [0.2, 0.25) is 0 Å². The molecule has 0 unspecified atom stereocenters. The fourth-order valence-electron chi connectivity index (χ4n) is 2.66. The van der Waals surface area contributed by atoms with E-state index in [2.05, 4.69) is 26.0 Å². The van der Waals surface area contributed by atoms with E-state index in [0.717, 1.165) is 12.7 Å². The van der Waals surface area contributed by atoms with Crippen LogP contribution in [0.15, 0.2) is 48.5 Å². The van der Waals surface area contributed by atoms with Crippen molar-refractivity contribution >= 4 is 24.0 Å². The molecule has 0 radical (unpaired) electrons. The van der Waals surface area contributed by atoms with Gasteiger partial charge in [-0.25, -0.2) is 14.4 Å². The number of hydrogen-bond acceptors (Lipinski definition) is 7. The van der Waals surface area contributed by atoms with Crippen LogP contribution in [0.4, 0.5) is 9.59 Å². The predicted molar refractivity (Wildman–Crippen MR) is 120 cm³/mol. The minimum Gasteiger partial charge on any atom is -0.507 e. The Morgan fingerprint density at radius 1 is 1.00 bits per heavy atom. The van der Waals surface area contributed by atoms with Gasteiger partial charge in [-0.05, 0) is 17.7 Å². The standard InChI is InChI=1S/C22H26N4O8/c1-33-22(32)26-17(20(29)30)13-24-19(28)16-8-7-15(11-18(16)27)34-10-9-23-21(31)25-12-14-5-3-2-4-6-14/h2-8,11,17,27H,9-10,12-13H2,1H3,(H,24,28)(H,26,32)(H,29,30)(H2,23,25,31)/t17-/m0/s1. The van der Waals surface area contributed by atoms with Crippen LogP contribution in [-0.4, -0.2) is 67.1 Å². The summed E-state index contributed by atoms with van der Waals surface area (Å²) in [7, 11) is 1.07. The van der Waals surface area contributed by atoms with E-state index in [1.165, 1.54) is 18.2 Å². The highest BCUT2D eigenvalue weighted by atomic mass is 16.5. The fraction of sp³-hybridized carbons (Fsp3) is 0.273. The number of phenols is 1. The number of methoxy groups -OCH3 is 1. The van der Waals surface area contributed by atoms with Crippen LogP contribution in [0.5, 0.6) is 11.5 Å². The van der Waals surface area contributed by atoms with Crippen molar-refractivity contribution in [2.75, 3.05) is 26.8 Å². The SMILES string of the molecule is COC(=O)N[C@@H](CNC(=O)c1ccc(OCCNC(=O)NCc2ccccc2)cc1O)C(=O)O. The first kappa shape index (κ1) is 25.8. The highest BCUT2D eigenvalue weighted by molar-refractivity contribution is 5.97. The van der Waals surface area contributed by atoms with Crippen LogP contribution in [-0.2, 0) is 16.1 Å². The molecule has 182 valence electrons. The maximum absolute atomic E-state index is 12.3. The molecule has 0 fully saturated rings. The Morgan fingerprint density at radius 3 is 2.38 bits per heavy atom. The number of rotatable bonds is 11. The molecule has 0 saturated heterocycles. The van der Waals surface area contributed by atoms with Gasteiger partial charge < -0.3 is 41.0 Å². The Morgan fingerprint density at radius 2 is 1.74 bits per heavy atom.